The molecule has 0 amide bonds. The third-order valence-corrected chi connectivity index (χ3v) is 4.77. The number of aryl methyl sites for hydroxylation is 1. The van der Waals surface area contributed by atoms with E-state index >= 15 is 0 Å². The minimum absolute atomic E-state index is 0.235. The first-order valence-electron chi connectivity index (χ1n) is 8.82. The van der Waals surface area contributed by atoms with Crippen LogP contribution in [0.2, 0.25) is 0 Å². The third-order valence-electron chi connectivity index (χ3n) is 4.77. The summed E-state index contributed by atoms with van der Waals surface area (Å²) in [5, 5.41) is 15.4. The second-order valence-corrected chi connectivity index (χ2v) is 6.70. The Morgan fingerprint density at radius 2 is 2.11 bits per heavy atom. The van der Waals surface area contributed by atoms with Crippen LogP contribution in [-0.2, 0) is 0 Å². The van der Waals surface area contributed by atoms with Gasteiger partial charge in [0.15, 0.2) is 5.65 Å². The van der Waals surface area contributed by atoms with Gasteiger partial charge in [0.25, 0.3) is 11.8 Å². The van der Waals surface area contributed by atoms with Gasteiger partial charge in [0, 0.05) is 24.7 Å². The smallest absolute Gasteiger partial charge is 0.266 e. The molecule has 1 fully saturated rings. The Labute approximate surface area is 154 Å². The van der Waals surface area contributed by atoms with Crippen molar-refractivity contribution in [3.8, 4) is 11.5 Å². The van der Waals surface area contributed by atoms with Gasteiger partial charge in [-0.1, -0.05) is 17.7 Å². The first-order valence-corrected chi connectivity index (χ1v) is 8.82. The van der Waals surface area contributed by atoms with E-state index in [1.54, 1.807) is 6.20 Å². The lowest BCUT2D eigenvalue weighted by atomic mass is 10.1. The van der Waals surface area contributed by atoms with Crippen molar-refractivity contribution < 1.29 is 4.52 Å². The molecular weight excluding hydrogens is 344 g/mol. The first kappa shape index (κ1) is 15.7. The van der Waals surface area contributed by atoms with Crippen molar-refractivity contribution in [3.05, 3.63) is 42.4 Å². The number of nitrogens with one attached hydrogen (secondary N) is 2. The number of hydrogen-bond acceptors (Lipinski definition) is 8. The third kappa shape index (κ3) is 2.97. The first-order chi connectivity index (χ1) is 13.3. The Hall–Kier alpha value is -3.49. The fraction of sp³-hybridized carbons (Fsp3) is 0.278. The van der Waals surface area contributed by atoms with E-state index in [2.05, 4.69) is 47.4 Å². The maximum Gasteiger partial charge on any atom is 0.266 e. The quantitative estimate of drug-likeness (QED) is 0.570. The van der Waals surface area contributed by atoms with Crippen molar-refractivity contribution in [3.63, 3.8) is 0 Å². The lowest BCUT2D eigenvalue weighted by molar-refractivity contribution is 0.430. The molecule has 0 spiro atoms. The van der Waals surface area contributed by atoms with Crippen molar-refractivity contribution in [2.45, 2.75) is 19.4 Å². The van der Waals surface area contributed by atoms with E-state index in [-0.39, 0.29) is 6.04 Å². The van der Waals surface area contributed by atoms with E-state index in [1.165, 1.54) is 11.9 Å². The standard InChI is InChI=1S/C18H18N8O/c1-11-2-4-12(5-3-11)17-23-18(25-27-17)26-7-6-13(9-26)22-15-14-8-21-24-16(14)20-10-19-15/h2-5,8,10,13H,6-7,9H2,1H3,(H2,19,20,21,22,24)/t13-/m0/s1. The van der Waals surface area contributed by atoms with Gasteiger partial charge in [-0.15, -0.1) is 0 Å². The van der Waals surface area contributed by atoms with Gasteiger partial charge in [0.05, 0.1) is 11.6 Å². The van der Waals surface area contributed by atoms with Crippen LogP contribution in [-0.4, -0.2) is 49.4 Å². The molecule has 9 nitrogen and oxygen atoms in total. The topological polar surface area (TPSA) is 109 Å². The lowest BCUT2D eigenvalue weighted by Crippen LogP contribution is -2.27. The number of aromatic amines is 1. The van der Waals surface area contributed by atoms with Crippen LogP contribution in [0, 0.1) is 6.92 Å². The molecule has 5 rings (SSSR count). The van der Waals surface area contributed by atoms with Crippen molar-refractivity contribution in [1.82, 2.24) is 30.3 Å². The van der Waals surface area contributed by atoms with Gasteiger partial charge >= 0.3 is 0 Å². The molecule has 3 aromatic heterocycles. The molecule has 9 heteroatoms. The molecule has 1 aliphatic heterocycles. The maximum absolute atomic E-state index is 5.45. The van der Waals surface area contributed by atoms with Gasteiger partial charge in [-0.3, -0.25) is 5.10 Å². The number of fused-ring (bicyclic) bond motifs is 1. The number of H-pyrrole nitrogens is 1. The van der Waals surface area contributed by atoms with Gasteiger partial charge in [-0.05, 0) is 30.6 Å². The van der Waals surface area contributed by atoms with Crippen molar-refractivity contribution in [2.75, 3.05) is 23.3 Å². The fourth-order valence-electron chi connectivity index (χ4n) is 3.29. The minimum atomic E-state index is 0.235. The van der Waals surface area contributed by atoms with Crippen molar-refractivity contribution in [1.29, 1.82) is 0 Å². The van der Waals surface area contributed by atoms with E-state index in [9.17, 15) is 0 Å². The summed E-state index contributed by atoms with van der Waals surface area (Å²) in [5.74, 6) is 1.94. The summed E-state index contributed by atoms with van der Waals surface area (Å²) in [6, 6.07) is 8.29. The summed E-state index contributed by atoms with van der Waals surface area (Å²) in [7, 11) is 0. The highest BCUT2D eigenvalue weighted by atomic mass is 16.5. The summed E-state index contributed by atoms with van der Waals surface area (Å²) < 4.78 is 5.45. The Morgan fingerprint density at radius 3 is 3.00 bits per heavy atom. The highest BCUT2D eigenvalue weighted by Crippen LogP contribution is 2.25. The average molecular weight is 362 g/mol. The molecule has 136 valence electrons. The maximum atomic E-state index is 5.45. The van der Waals surface area contributed by atoms with E-state index in [1.807, 2.05) is 24.3 Å². The second kappa shape index (κ2) is 6.35. The zero-order valence-corrected chi connectivity index (χ0v) is 14.8. The van der Waals surface area contributed by atoms with Gasteiger partial charge in [-0.2, -0.15) is 10.1 Å². The molecule has 0 unspecified atom stereocenters. The molecule has 4 heterocycles. The van der Waals surface area contributed by atoms with Crippen molar-refractivity contribution >= 4 is 22.8 Å². The zero-order valence-electron chi connectivity index (χ0n) is 14.8. The molecular formula is C18H18N8O. The van der Waals surface area contributed by atoms with Gasteiger partial charge < -0.3 is 14.7 Å². The number of benzene rings is 1. The van der Waals surface area contributed by atoms with Gasteiger partial charge in [0.1, 0.15) is 12.1 Å². The van der Waals surface area contributed by atoms with Crippen LogP contribution >= 0.6 is 0 Å². The predicted molar refractivity (Wildman–Crippen MR) is 100 cm³/mol. The largest absolute Gasteiger partial charge is 0.365 e. The summed E-state index contributed by atoms with van der Waals surface area (Å²) in [4.78, 5) is 15.2. The highest BCUT2D eigenvalue weighted by Gasteiger charge is 2.27. The van der Waals surface area contributed by atoms with Crippen LogP contribution in [0.25, 0.3) is 22.5 Å². The summed E-state index contributed by atoms with van der Waals surface area (Å²) in [6.45, 7) is 3.68. The molecule has 1 atom stereocenters. The number of anilines is 2. The lowest BCUT2D eigenvalue weighted by Gasteiger charge is -2.15. The van der Waals surface area contributed by atoms with Crippen LogP contribution in [0.4, 0.5) is 11.8 Å². The van der Waals surface area contributed by atoms with Gasteiger partial charge in [-0.25, -0.2) is 9.97 Å². The minimum Gasteiger partial charge on any atom is -0.365 e. The molecule has 0 radical (unpaired) electrons. The molecule has 0 aliphatic carbocycles. The van der Waals surface area contributed by atoms with E-state index in [0.29, 0.717) is 11.8 Å². The molecule has 0 saturated carbocycles. The van der Waals surface area contributed by atoms with Crippen LogP contribution in [0.5, 0.6) is 0 Å². The van der Waals surface area contributed by atoms with Crippen LogP contribution in [0.15, 0.2) is 41.3 Å². The van der Waals surface area contributed by atoms with E-state index < -0.39 is 0 Å². The zero-order chi connectivity index (χ0) is 18.2. The molecule has 1 saturated heterocycles. The molecule has 2 N–H and O–H groups in total. The Kier molecular flexibility index (Phi) is 3.70. The SMILES string of the molecule is Cc1ccc(-c2nc(N3CC[C@H](Nc4ncnc5[nH]ncc45)C3)no2)cc1. The number of rotatable bonds is 4. The Morgan fingerprint density at radius 1 is 1.22 bits per heavy atom. The second-order valence-electron chi connectivity index (χ2n) is 6.70. The van der Waals surface area contributed by atoms with Gasteiger partial charge in [0.2, 0.25) is 0 Å². The highest BCUT2D eigenvalue weighted by molar-refractivity contribution is 5.85. The number of nitrogens with zero attached hydrogens (tertiary/aromatic N) is 6. The molecule has 1 aromatic carbocycles. The summed E-state index contributed by atoms with van der Waals surface area (Å²) in [5.41, 5.74) is 2.85. The van der Waals surface area contributed by atoms with Crippen LogP contribution in [0.3, 0.4) is 0 Å². The fourth-order valence-corrected chi connectivity index (χ4v) is 3.29. The molecule has 1 aliphatic rings. The Bertz CT molecular complexity index is 1070. The van der Waals surface area contributed by atoms with E-state index in [0.717, 1.165) is 41.9 Å². The average Bonchev–Trinajstić information content (AvgIpc) is 3.43. The molecule has 0 bridgehead atoms. The number of hydrogen-bond donors (Lipinski definition) is 2. The van der Waals surface area contributed by atoms with Crippen LogP contribution in [0.1, 0.15) is 12.0 Å². The van der Waals surface area contributed by atoms with Crippen molar-refractivity contribution in [2.24, 2.45) is 0 Å². The normalized spacial score (nSPS) is 16.9. The predicted octanol–water partition coefficient (Wildman–Crippen LogP) is 2.40. The number of aromatic nitrogens is 6. The summed E-state index contributed by atoms with van der Waals surface area (Å²) >= 11 is 0. The molecule has 4 aromatic rings. The Balaban J connectivity index is 1.30. The van der Waals surface area contributed by atoms with Crippen LogP contribution < -0.4 is 10.2 Å². The molecule has 27 heavy (non-hydrogen) atoms. The monoisotopic (exact) mass is 362 g/mol. The summed E-state index contributed by atoms with van der Waals surface area (Å²) in [6.07, 6.45) is 4.22. The van der Waals surface area contributed by atoms with E-state index in [4.69, 9.17) is 4.52 Å².